The van der Waals surface area contributed by atoms with Crippen molar-refractivity contribution < 1.29 is 19.1 Å². The van der Waals surface area contributed by atoms with E-state index in [4.69, 9.17) is 21.7 Å². The van der Waals surface area contributed by atoms with Crippen LogP contribution in [0.15, 0.2) is 78.9 Å². The predicted molar refractivity (Wildman–Crippen MR) is 127 cm³/mol. The maximum atomic E-state index is 12.4. The number of ether oxygens (including phenoxy) is 2. The minimum Gasteiger partial charge on any atom is -0.490 e. The maximum absolute atomic E-state index is 12.4. The van der Waals surface area contributed by atoms with Crippen LogP contribution in [0.4, 0.5) is 5.69 Å². The Kier molecular flexibility index (Phi) is 8.16. The van der Waals surface area contributed by atoms with E-state index in [-0.39, 0.29) is 16.9 Å². The molecule has 8 heteroatoms. The number of thiocarbonyl (C=S) groups is 1. The van der Waals surface area contributed by atoms with Crippen molar-refractivity contribution in [1.82, 2.24) is 10.6 Å². The lowest BCUT2D eigenvalue weighted by Gasteiger charge is -2.11. The minimum absolute atomic E-state index is 0.154. The molecule has 0 atom stereocenters. The number of anilines is 1. The van der Waals surface area contributed by atoms with Crippen molar-refractivity contribution in [2.24, 2.45) is 0 Å². The molecule has 0 aliphatic rings. The smallest absolute Gasteiger partial charge is 0.257 e. The van der Waals surface area contributed by atoms with Crippen LogP contribution in [0.3, 0.4) is 0 Å². The van der Waals surface area contributed by atoms with Gasteiger partial charge in [-0.15, -0.1) is 0 Å². The normalized spacial score (nSPS) is 10.0. The van der Waals surface area contributed by atoms with Gasteiger partial charge in [0.2, 0.25) is 0 Å². The second-order valence-corrected chi connectivity index (χ2v) is 7.01. The summed E-state index contributed by atoms with van der Waals surface area (Å²) >= 11 is 5.20. The number of rotatable bonds is 8. The summed E-state index contributed by atoms with van der Waals surface area (Å²) in [5.74, 6) is 0.900. The highest BCUT2D eigenvalue weighted by molar-refractivity contribution is 7.80. The van der Waals surface area contributed by atoms with E-state index in [0.717, 1.165) is 5.75 Å². The fraction of sp³-hybridized carbons (Fsp3) is 0.125. The maximum Gasteiger partial charge on any atom is 0.257 e. The lowest BCUT2D eigenvalue weighted by molar-refractivity contribution is 0.0959. The van der Waals surface area contributed by atoms with E-state index in [1.165, 1.54) is 0 Å². The highest BCUT2D eigenvalue weighted by atomic mass is 32.1. The van der Waals surface area contributed by atoms with E-state index in [9.17, 15) is 9.59 Å². The molecule has 3 rings (SSSR count). The van der Waals surface area contributed by atoms with Gasteiger partial charge in [0.05, 0.1) is 0 Å². The summed E-state index contributed by atoms with van der Waals surface area (Å²) in [5, 5.41) is 8.25. The second kappa shape index (κ2) is 11.5. The molecule has 0 saturated carbocycles. The highest BCUT2D eigenvalue weighted by Crippen LogP contribution is 2.14. The van der Waals surface area contributed by atoms with Crippen LogP contribution >= 0.6 is 12.2 Å². The fourth-order valence-corrected chi connectivity index (χ4v) is 2.94. The topological polar surface area (TPSA) is 88.7 Å². The Morgan fingerprint density at radius 2 is 1.28 bits per heavy atom. The molecule has 0 bridgehead atoms. The Morgan fingerprint density at radius 3 is 1.88 bits per heavy atom. The minimum atomic E-state index is -0.344. The average Bonchev–Trinajstić information content (AvgIpc) is 2.82. The van der Waals surface area contributed by atoms with E-state index >= 15 is 0 Å². The van der Waals surface area contributed by atoms with Gasteiger partial charge in [-0.05, 0) is 72.9 Å². The number of benzene rings is 3. The Labute approximate surface area is 191 Å². The lowest BCUT2D eigenvalue weighted by Crippen LogP contribution is -2.34. The van der Waals surface area contributed by atoms with Crippen LogP contribution in [0.25, 0.3) is 0 Å². The van der Waals surface area contributed by atoms with Gasteiger partial charge in [0.25, 0.3) is 11.8 Å². The first-order chi connectivity index (χ1) is 15.5. The average molecular weight is 450 g/mol. The van der Waals surface area contributed by atoms with Gasteiger partial charge >= 0.3 is 0 Å². The number of hydrogen-bond acceptors (Lipinski definition) is 5. The van der Waals surface area contributed by atoms with Crippen LogP contribution in [-0.4, -0.2) is 37.2 Å². The summed E-state index contributed by atoms with van der Waals surface area (Å²) in [5.41, 5.74) is 1.63. The zero-order valence-corrected chi connectivity index (χ0v) is 18.3. The Bertz CT molecular complexity index is 1050. The third-order valence-electron chi connectivity index (χ3n) is 4.34. The Balaban J connectivity index is 1.43. The number of amides is 2. The second-order valence-electron chi connectivity index (χ2n) is 6.60. The summed E-state index contributed by atoms with van der Waals surface area (Å²) in [6, 6.07) is 23.0. The third kappa shape index (κ3) is 6.82. The van der Waals surface area contributed by atoms with Crippen LogP contribution in [0.1, 0.15) is 20.7 Å². The molecule has 2 amide bonds. The lowest BCUT2D eigenvalue weighted by atomic mass is 10.2. The molecular weight excluding hydrogens is 426 g/mol. The van der Waals surface area contributed by atoms with Crippen molar-refractivity contribution in [1.29, 1.82) is 0 Å². The molecule has 0 aliphatic carbocycles. The van der Waals surface area contributed by atoms with E-state index < -0.39 is 0 Å². The number of nitrogens with one attached hydrogen (secondary N) is 3. The molecule has 0 aliphatic heterocycles. The molecule has 3 aromatic carbocycles. The molecular formula is C24H23N3O4S. The number of carbonyl (C=O) groups is 2. The van der Waals surface area contributed by atoms with Gasteiger partial charge in [-0.25, -0.2) is 0 Å². The molecule has 0 fully saturated rings. The number of hydrogen-bond donors (Lipinski definition) is 3. The van der Waals surface area contributed by atoms with Gasteiger partial charge in [-0.2, -0.15) is 0 Å². The zero-order chi connectivity index (χ0) is 22.8. The van der Waals surface area contributed by atoms with E-state index in [1.807, 2.05) is 30.3 Å². The SMILES string of the molecule is CNC(=O)c1ccc(NC(=S)NC(=O)c2ccc(OCCOc3ccccc3)cc2)cc1. The van der Waals surface area contributed by atoms with E-state index in [2.05, 4.69) is 16.0 Å². The van der Waals surface area contributed by atoms with Crippen molar-refractivity contribution in [2.45, 2.75) is 0 Å². The first kappa shape index (κ1) is 22.8. The molecule has 0 aromatic heterocycles. The molecule has 3 aromatic rings. The molecule has 0 saturated heterocycles. The largest absolute Gasteiger partial charge is 0.490 e. The summed E-state index contributed by atoms with van der Waals surface area (Å²) in [6.07, 6.45) is 0. The van der Waals surface area contributed by atoms with Gasteiger partial charge in [0.1, 0.15) is 24.7 Å². The van der Waals surface area contributed by atoms with Gasteiger partial charge in [0, 0.05) is 23.9 Å². The summed E-state index contributed by atoms with van der Waals surface area (Å²) in [7, 11) is 1.57. The summed E-state index contributed by atoms with van der Waals surface area (Å²) in [4.78, 5) is 24.0. The fourth-order valence-electron chi connectivity index (χ4n) is 2.73. The standard InChI is InChI=1S/C24H23N3O4S/c1-25-22(28)17-7-11-19(12-8-17)26-24(32)27-23(29)18-9-13-21(14-10-18)31-16-15-30-20-5-3-2-4-6-20/h2-14H,15-16H2,1H3,(H,25,28)(H2,26,27,29,32). The van der Waals surface area contributed by atoms with Crippen LogP contribution in [-0.2, 0) is 0 Å². The van der Waals surface area contributed by atoms with Crippen LogP contribution in [0, 0.1) is 0 Å². The molecule has 32 heavy (non-hydrogen) atoms. The van der Waals surface area contributed by atoms with Gasteiger partial charge in [-0.3, -0.25) is 14.9 Å². The van der Waals surface area contributed by atoms with E-state index in [0.29, 0.717) is 35.8 Å². The van der Waals surface area contributed by atoms with Gasteiger partial charge in [0.15, 0.2) is 5.11 Å². The molecule has 164 valence electrons. The van der Waals surface area contributed by atoms with Gasteiger partial charge in [-0.1, -0.05) is 18.2 Å². The highest BCUT2D eigenvalue weighted by Gasteiger charge is 2.09. The molecule has 0 heterocycles. The Morgan fingerprint density at radius 1 is 0.750 bits per heavy atom. The van der Waals surface area contributed by atoms with Crippen LogP contribution in [0.5, 0.6) is 11.5 Å². The van der Waals surface area contributed by atoms with Gasteiger partial charge < -0.3 is 20.1 Å². The zero-order valence-electron chi connectivity index (χ0n) is 17.5. The summed E-state index contributed by atoms with van der Waals surface area (Å²) < 4.78 is 11.2. The molecule has 0 spiro atoms. The van der Waals surface area contributed by atoms with Crippen molar-refractivity contribution in [3.63, 3.8) is 0 Å². The first-order valence-corrected chi connectivity index (χ1v) is 10.3. The number of para-hydroxylation sites is 1. The molecule has 7 nitrogen and oxygen atoms in total. The first-order valence-electron chi connectivity index (χ1n) is 9.90. The molecule has 3 N–H and O–H groups in total. The van der Waals surface area contributed by atoms with Crippen LogP contribution in [0.2, 0.25) is 0 Å². The Hall–Kier alpha value is -3.91. The van der Waals surface area contributed by atoms with E-state index in [1.54, 1.807) is 55.6 Å². The number of carbonyl (C=O) groups excluding carboxylic acids is 2. The van der Waals surface area contributed by atoms with Crippen molar-refractivity contribution in [3.8, 4) is 11.5 Å². The van der Waals surface area contributed by atoms with Crippen molar-refractivity contribution >= 4 is 34.8 Å². The quantitative estimate of drug-likeness (QED) is 0.360. The predicted octanol–water partition coefficient (Wildman–Crippen LogP) is 3.63. The molecule has 0 radical (unpaired) electrons. The van der Waals surface area contributed by atoms with Crippen molar-refractivity contribution in [2.75, 3.05) is 25.6 Å². The third-order valence-corrected chi connectivity index (χ3v) is 4.54. The molecule has 0 unspecified atom stereocenters. The van der Waals surface area contributed by atoms with Crippen LogP contribution < -0.4 is 25.4 Å². The monoisotopic (exact) mass is 449 g/mol. The summed E-state index contributed by atoms with van der Waals surface area (Å²) in [6.45, 7) is 0.795. The van der Waals surface area contributed by atoms with Crippen molar-refractivity contribution in [3.05, 3.63) is 90.0 Å².